The molecule has 0 unspecified atom stereocenters. The Hall–Kier alpha value is -2.65. The highest BCUT2D eigenvalue weighted by Gasteiger charge is 2.35. The van der Waals surface area contributed by atoms with E-state index in [0.717, 1.165) is 23.2 Å². The number of carbonyl (C=O) groups excluding carboxylic acids is 2. The molecule has 0 spiro atoms. The molecule has 0 bridgehead atoms. The van der Waals surface area contributed by atoms with Crippen LogP contribution in [0.4, 0.5) is 11.4 Å². The van der Waals surface area contributed by atoms with Crippen LogP contribution in [-0.4, -0.2) is 58.6 Å². The Morgan fingerprint density at radius 2 is 1.82 bits per heavy atom. The Morgan fingerprint density at radius 3 is 2.44 bits per heavy atom. The molecule has 2 amide bonds. The molecule has 2 aromatic rings. The van der Waals surface area contributed by atoms with E-state index in [-0.39, 0.29) is 22.6 Å². The van der Waals surface area contributed by atoms with Crippen LogP contribution in [0, 0.1) is 12.8 Å². The van der Waals surface area contributed by atoms with E-state index >= 15 is 0 Å². The lowest BCUT2D eigenvalue weighted by Gasteiger charge is -2.34. The number of rotatable bonds is 5. The van der Waals surface area contributed by atoms with E-state index in [1.54, 1.807) is 23.7 Å². The van der Waals surface area contributed by atoms with Crippen LogP contribution < -0.4 is 15.3 Å². The van der Waals surface area contributed by atoms with Gasteiger partial charge in [0.2, 0.25) is 21.8 Å². The fraction of sp³-hybridized carbons (Fsp3) is 0.440. The van der Waals surface area contributed by atoms with Crippen molar-refractivity contribution < 1.29 is 18.0 Å². The summed E-state index contributed by atoms with van der Waals surface area (Å²) in [7, 11) is -1.92. The standard InChI is InChI=1S/C25H32BN3O4S/c1-4-28(21-7-5-6-17(2)14-21)25(31)19-8-11-27(12-9-19)34(32,33)24-16-23-20(15-22(24)26)10-13-29(23)18(3)30/h5-7,14-16,19H,4,8-13,26H2,1-3H3. The molecule has 9 heteroatoms. The van der Waals surface area contributed by atoms with E-state index < -0.39 is 10.0 Å². The zero-order chi connectivity index (χ0) is 24.6. The van der Waals surface area contributed by atoms with Crippen LogP contribution in [-0.2, 0) is 26.0 Å². The van der Waals surface area contributed by atoms with Crippen LogP contribution in [0.15, 0.2) is 41.3 Å². The van der Waals surface area contributed by atoms with Crippen molar-refractivity contribution in [1.29, 1.82) is 0 Å². The molecule has 180 valence electrons. The van der Waals surface area contributed by atoms with Crippen molar-refractivity contribution in [2.24, 2.45) is 5.92 Å². The van der Waals surface area contributed by atoms with E-state index in [4.69, 9.17) is 0 Å². The van der Waals surface area contributed by atoms with Crippen LogP contribution >= 0.6 is 0 Å². The number of aryl methyl sites for hydroxylation is 1. The number of benzene rings is 2. The normalized spacial score (nSPS) is 17.0. The minimum atomic E-state index is -3.73. The first-order valence-electron chi connectivity index (χ1n) is 11.9. The van der Waals surface area contributed by atoms with Gasteiger partial charge in [-0.15, -0.1) is 0 Å². The maximum atomic E-state index is 13.5. The number of hydrogen-bond donors (Lipinski definition) is 0. The summed E-state index contributed by atoms with van der Waals surface area (Å²) >= 11 is 0. The Balaban J connectivity index is 1.50. The number of hydrogen-bond acceptors (Lipinski definition) is 4. The van der Waals surface area contributed by atoms with Gasteiger partial charge in [-0.3, -0.25) is 9.59 Å². The number of sulfonamides is 1. The molecule has 0 radical (unpaired) electrons. The van der Waals surface area contributed by atoms with Gasteiger partial charge >= 0.3 is 0 Å². The quantitative estimate of drug-likeness (QED) is 0.609. The zero-order valence-corrected chi connectivity index (χ0v) is 21.2. The monoisotopic (exact) mass is 481 g/mol. The van der Waals surface area contributed by atoms with E-state index in [9.17, 15) is 18.0 Å². The Kier molecular flexibility index (Phi) is 6.87. The van der Waals surface area contributed by atoms with Crippen molar-refractivity contribution in [3.8, 4) is 0 Å². The second kappa shape index (κ2) is 9.54. The van der Waals surface area contributed by atoms with Crippen LogP contribution in [0.2, 0.25) is 0 Å². The third-order valence-corrected chi connectivity index (χ3v) is 9.01. The molecule has 0 N–H and O–H groups in total. The maximum absolute atomic E-state index is 13.5. The molecular formula is C25H32BN3O4S. The summed E-state index contributed by atoms with van der Waals surface area (Å²) in [5.74, 6) is -0.239. The van der Waals surface area contributed by atoms with Gasteiger partial charge < -0.3 is 9.80 Å². The number of anilines is 2. The Labute approximate surface area is 203 Å². The molecule has 2 aliphatic heterocycles. The lowest BCUT2D eigenvalue weighted by molar-refractivity contribution is -0.123. The summed E-state index contributed by atoms with van der Waals surface area (Å²) in [5.41, 5.74) is 4.37. The highest BCUT2D eigenvalue weighted by atomic mass is 32.2. The summed E-state index contributed by atoms with van der Waals surface area (Å²) in [5, 5.41) is 0. The molecule has 0 aliphatic carbocycles. The average Bonchev–Trinajstić information content (AvgIpc) is 3.22. The first kappa shape index (κ1) is 24.5. The lowest BCUT2D eigenvalue weighted by Crippen LogP contribution is -2.45. The van der Waals surface area contributed by atoms with Crippen molar-refractivity contribution in [2.75, 3.05) is 36.0 Å². The number of carbonyl (C=O) groups is 2. The third kappa shape index (κ3) is 4.51. The molecule has 1 saturated heterocycles. The maximum Gasteiger partial charge on any atom is 0.242 e. The summed E-state index contributed by atoms with van der Waals surface area (Å²) < 4.78 is 28.6. The van der Waals surface area contributed by atoms with Gasteiger partial charge in [0.25, 0.3) is 0 Å². The fourth-order valence-electron chi connectivity index (χ4n) is 5.11. The largest absolute Gasteiger partial charge is 0.312 e. The van der Waals surface area contributed by atoms with Crippen LogP contribution in [0.25, 0.3) is 0 Å². The molecule has 2 heterocycles. The predicted octanol–water partition coefficient (Wildman–Crippen LogP) is 1.62. The smallest absolute Gasteiger partial charge is 0.242 e. The molecule has 7 nitrogen and oxygen atoms in total. The Bertz CT molecular complexity index is 1220. The minimum Gasteiger partial charge on any atom is -0.312 e. The van der Waals surface area contributed by atoms with Gasteiger partial charge in [0.05, 0.1) is 4.90 Å². The zero-order valence-electron chi connectivity index (χ0n) is 20.4. The first-order valence-corrected chi connectivity index (χ1v) is 13.4. The summed E-state index contributed by atoms with van der Waals surface area (Å²) in [6.45, 7) is 7.22. The molecule has 0 saturated carbocycles. The van der Waals surface area contributed by atoms with Crippen LogP contribution in [0.1, 0.15) is 37.8 Å². The molecule has 0 atom stereocenters. The average molecular weight is 481 g/mol. The third-order valence-electron chi connectivity index (χ3n) is 6.97. The highest BCUT2D eigenvalue weighted by Crippen LogP contribution is 2.32. The molecule has 1 fully saturated rings. The minimum absolute atomic E-state index is 0.0518. The van der Waals surface area contributed by atoms with Gasteiger partial charge in [-0.2, -0.15) is 4.31 Å². The topological polar surface area (TPSA) is 78.0 Å². The molecular weight excluding hydrogens is 449 g/mol. The summed E-state index contributed by atoms with van der Waals surface area (Å²) in [6, 6.07) is 11.4. The number of piperidine rings is 1. The van der Waals surface area contributed by atoms with E-state index in [0.29, 0.717) is 50.2 Å². The van der Waals surface area contributed by atoms with Crippen molar-refractivity contribution in [1.82, 2.24) is 4.31 Å². The number of nitrogens with zero attached hydrogens (tertiary/aromatic N) is 3. The van der Waals surface area contributed by atoms with Crippen molar-refractivity contribution >= 4 is 46.5 Å². The van der Waals surface area contributed by atoms with Crippen molar-refractivity contribution in [2.45, 2.75) is 44.9 Å². The summed E-state index contributed by atoms with van der Waals surface area (Å²) in [6.07, 6.45) is 1.71. The Morgan fingerprint density at radius 1 is 1.12 bits per heavy atom. The highest BCUT2D eigenvalue weighted by molar-refractivity contribution is 7.89. The second-order valence-corrected chi connectivity index (χ2v) is 11.2. The molecule has 4 rings (SSSR count). The fourth-order valence-corrected chi connectivity index (χ4v) is 6.81. The summed E-state index contributed by atoms with van der Waals surface area (Å²) in [4.78, 5) is 28.9. The van der Waals surface area contributed by atoms with Gasteiger partial charge in [-0.05, 0) is 62.4 Å². The lowest BCUT2D eigenvalue weighted by atomic mass is 9.93. The van der Waals surface area contributed by atoms with Gasteiger partial charge in [0, 0.05) is 50.4 Å². The van der Waals surface area contributed by atoms with Crippen molar-refractivity contribution in [3.63, 3.8) is 0 Å². The molecule has 2 aromatic carbocycles. The van der Waals surface area contributed by atoms with E-state index in [1.165, 1.54) is 11.2 Å². The molecule has 2 aliphatic rings. The predicted molar refractivity (Wildman–Crippen MR) is 137 cm³/mol. The van der Waals surface area contributed by atoms with Crippen LogP contribution in [0.5, 0.6) is 0 Å². The van der Waals surface area contributed by atoms with Gasteiger partial charge in [-0.1, -0.05) is 23.7 Å². The van der Waals surface area contributed by atoms with Gasteiger partial charge in [0.1, 0.15) is 7.85 Å². The number of fused-ring (bicyclic) bond motifs is 1. The van der Waals surface area contributed by atoms with Gasteiger partial charge in [-0.25, -0.2) is 8.42 Å². The van der Waals surface area contributed by atoms with E-state index in [2.05, 4.69) is 0 Å². The molecule has 0 aromatic heterocycles. The second-order valence-electron chi connectivity index (χ2n) is 9.27. The molecule has 34 heavy (non-hydrogen) atoms. The van der Waals surface area contributed by atoms with Crippen LogP contribution in [0.3, 0.4) is 0 Å². The number of amides is 2. The first-order chi connectivity index (χ1) is 16.1. The van der Waals surface area contributed by atoms with Gasteiger partial charge in [0.15, 0.2) is 0 Å². The SMILES string of the molecule is Bc1cc2c(cc1S(=O)(=O)N1CCC(C(=O)N(CC)c3cccc(C)c3)CC1)N(C(C)=O)CC2. The van der Waals surface area contributed by atoms with Crippen molar-refractivity contribution in [3.05, 3.63) is 47.5 Å². The van der Waals surface area contributed by atoms with E-state index in [1.807, 2.05) is 44.2 Å².